The summed E-state index contributed by atoms with van der Waals surface area (Å²) < 4.78 is 5.05. The van der Waals surface area contributed by atoms with Crippen molar-refractivity contribution in [3.05, 3.63) is 0 Å². The number of likely N-dealkylation sites (tertiary alicyclic amines) is 2. The van der Waals surface area contributed by atoms with E-state index >= 15 is 0 Å². The average Bonchev–Trinajstić information content (AvgIpc) is 2.88. The Labute approximate surface area is 125 Å². The Morgan fingerprint density at radius 1 is 1.24 bits per heavy atom. The molecule has 0 aromatic heterocycles. The maximum absolute atomic E-state index is 12.5. The lowest BCUT2D eigenvalue weighted by Crippen LogP contribution is -2.45. The molecule has 0 radical (unpaired) electrons. The summed E-state index contributed by atoms with van der Waals surface area (Å²) in [6.45, 7) is 6.32. The fourth-order valence-corrected chi connectivity index (χ4v) is 3.13. The van der Waals surface area contributed by atoms with E-state index < -0.39 is 0 Å². The third-order valence-corrected chi connectivity index (χ3v) is 4.30. The summed E-state index contributed by atoms with van der Waals surface area (Å²) in [6, 6.07) is 0. The molecule has 2 aliphatic heterocycles. The Morgan fingerprint density at radius 2 is 2.00 bits per heavy atom. The van der Waals surface area contributed by atoms with Gasteiger partial charge in [-0.25, -0.2) is 0 Å². The van der Waals surface area contributed by atoms with E-state index in [2.05, 4.69) is 0 Å². The second-order valence-corrected chi connectivity index (χ2v) is 5.71. The highest BCUT2D eigenvalue weighted by atomic mass is 16.5. The number of esters is 1. The first-order valence-electron chi connectivity index (χ1n) is 7.80. The van der Waals surface area contributed by atoms with Gasteiger partial charge in [-0.3, -0.25) is 14.4 Å². The van der Waals surface area contributed by atoms with Crippen LogP contribution in [0.2, 0.25) is 0 Å². The highest BCUT2D eigenvalue weighted by molar-refractivity contribution is 5.89. The fourth-order valence-electron chi connectivity index (χ4n) is 3.13. The number of hydrogen-bond acceptors (Lipinski definition) is 4. The Bertz CT molecular complexity index is 424. The van der Waals surface area contributed by atoms with Crippen molar-refractivity contribution < 1.29 is 19.1 Å². The van der Waals surface area contributed by atoms with Crippen molar-refractivity contribution in [3.63, 3.8) is 0 Å². The highest BCUT2D eigenvalue weighted by Crippen LogP contribution is 2.24. The minimum Gasteiger partial charge on any atom is -0.466 e. The molecular weight excluding hydrogens is 272 g/mol. The van der Waals surface area contributed by atoms with Crippen LogP contribution < -0.4 is 0 Å². The van der Waals surface area contributed by atoms with Crippen LogP contribution in [0.1, 0.15) is 33.1 Å². The van der Waals surface area contributed by atoms with Crippen LogP contribution in [-0.2, 0) is 19.1 Å². The average molecular weight is 296 g/mol. The van der Waals surface area contributed by atoms with E-state index in [4.69, 9.17) is 4.74 Å². The number of rotatable bonds is 4. The zero-order chi connectivity index (χ0) is 15.4. The number of hydrogen-bond donors (Lipinski definition) is 0. The molecule has 0 aromatic rings. The van der Waals surface area contributed by atoms with Crippen molar-refractivity contribution in [1.82, 2.24) is 9.80 Å². The monoisotopic (exact) mass is 296 g/mol. The van der Waals surface area contributed by atoms with Gasteiger partial charge in [0.15, 0.2) is 0 Å². The Balaban J connectivity index is 1.93. The van der Waals surface area contributed by atoms with Crippen molar-refractivity contribution in [2.45, 2.75) is 33.1 Å². The van der Waals surface area contributed by atoms with E-state index in [1.54, 1.807) is 16.7 Å². The van der Waals surface area contributed by atoms with Gasteiger partial charge in [-0.2, -0.15) is 0 Å². The molecule has 2 rings (SSSR count). The summed E-state index contributed by atoms with van der Waals surface area (Å²) in [5, 5.41) is 0. The summed E-state index contributed by atoms with van der Waals surface area (Å²) in [5.41, 5.74) is 0. The molecule has 2 aliphatic rings. The van der Waals surface area contributed by atoms with Gasteiger partial charge in [0.2, 0.25) is 11.8 Å². The Hall–Kier alpha value is -1.59. The Kier molecular flexibility index (Phi) is 5.20. The molecule has 0 spiro atoms. The maximum Gasteiger partial charge on any atom is 0.310 e. The van der Waals surface area contributed by atoms with Gasteiger partial charge in [-0.1, -0.05) is 0 Å². The molecule has 2 atom stereocenters. The second-order valence-electron chi connectivity index (χ2n) is 5.71. The summed E-state index contributed by atoms with van der Waals surface area (Å²) in [5.74, 6) is -0.629. The van der Waals surface area contributed by atoms with E-state index in [1.807, 2.05) is 6.92 Å². The number of ether oxygens (including phenoxy) is 1. The topological polar surface area (TPSA) is 66.9 Å². The van der Waals surface area contributed by atoms with Crippen LogP contribution in [0, 0.1) is 11.8 Å². The summed E-state index contributed by atoms with van der Waals surface area (Å²) >= 11 is 0. The lowest BCUT2D eigenvalue weighted by molar-refractivity contribution is -0.152. The molecule has 0 bridgehead atoms. The smallest absolute Gasteiger partial charge is 0.310 e. The van der Waals surface area contributed by atoms with Gasteiger partial charge in [-0.15, -0.1) is 0 Å². The Morgan fingerprint density at radius 3 is 2.62 bits per heavy atom. The molecule has 2 fully saturated rings. The zero-order valence-corrected chi connectivity index (χ0v) is 12.8. The molecular formula is C15H24N2O4. The highest BCUT2D eigenvalue weighted by Gasteiger charge is 2.38. The van der Waals surface area contributed by atoms with Crippen molar-refractivity contribution in [2.75, 3.05) is 32.8 Å². The van der Waals surface area contributed by atoms with Gasteiger partial charge < -0.3 is 14.5 Å². The van der Waals surface area contributed by atoms with Crippen LogP contribution in [0.25, 0.3) is 0 Å². The number of piperidine rings is 1. The SMILES string of the molecule is CCOC(=O)[C@H]1CCCN(C(=O)C2CC(=O)N(CC)C2)C1. The van der Waals surface area contributed by atoms with E-state index in [1.165, 1.54) is 0 Å². The fraction of sp³-hybridized carbons (Fsp3) is 0.800. The number of carbonyl (C=O) groups is 3. The largest absolute Gasteiger partial charge is 0.466 e. The van der Waals surface area contributed by atoms with Gasteiger partial charge in [0, 0.05) is 32.6 Å². The van der Waals surface area contributed by atoms with Gasteiger partial charge in [0.05, 0.1) is 18.4 Å². The molecule has 6 nitrogen and oxygen atoms in total. The molecule has 1 unspecified atom stereocenters. The molecule has 21 heavy (non-hydrogen) atoms. The standard InChI is InChI=1S/C15H24N2O4/c1-3-16-10-12(8-13(16)18)14(19)17-7-5-6-11(9-17)15(20)21-4-2/h11-12H,3-10H2,1-2H3/t11-,12?/m0/s1. The summed E-state index contributed by atoms with van der Waals surface area (Å²) in [4.78, 5) is 39.5. The normalized spacial score (nSPS) is 26.1. The molecule has 118 valence electrons. The molecule has 2 heterocycles. The third-order valence-electron chi connectivity index (χ3n) is 4.30. The van der Waals surface area contributed by atoms with Crippen molar-refractivity contribution in [2.24, 2.45) is 11.8 Å². The molecule has 0 N–H and O–H groups in total. The first-order chi connectivity index (χ1) is 10.1. The zero-order valence-electron chi connectivity index (χ0n) is 12.8. The number of carbonyl (C=O) groups excluding carboxylic acids is 3. The van der Waals surface area contributed by atoms with Crippen LogP contribution in [0.4, 0.5) is 0 Å². The first kappa shape index (κ1) is 15.8. The molecule has 6 heteroatoms. The number of nitrogens with zero attached hydrogens (tertiary/aromatic N) is 2. The predicted molar refractivity (Wildman–Crippen MR) is 76.3 cm³/mol. The molecule has 0 aromatic carbocycles. The minimum absolute atomic E-state index is 0.00768. The van der Waals surface area contributed by atoms with Gasteiger partial charge in [-0.05, 0) is 26.7 Å². The third kappa shape index (κ3) is 3.54. The lowest BCUT2D eigenvalue weighted by Gasteiger charge is -2.33. The summed E-state index contributed by atoms with van der Waals surface area (Å²) in [7, 11) is 0. The van der Waals surface area contributed by atoms with E-state index in [-0.39, 0.29) is 29.6 Å². The first-order valence-corrected chi connectivity index (χ1v) is 7.80. The number of amides is 2. The predicted octanol–water partition coefficient (Wildman–Crippen LogP) is 0.656. The van der Waals surface area contributed by atoms with Crippen LogP contribution in [0.3, 0.4) is 0 Å². The van der Waals surface area contributed by atoms with E-state index in [0.717, 1.165) is 12.8 Å². The van der Waals surface area contributed by atoms with E-state index in [9.17, 15) is 14.4 Å². The minimum atomic E-state index is -0.251. The summed E-state index contributed by atoms with van der Waals surface area (Å²) in [6.07, 6.45) is 1.88. The molecule has 0 saturated carbocycles. The van der Waals surface area contributed by atoms with Crippen molar-refractivity contribution in [1.29, 1.82) is 0 Å². The van der Waals surface area contributed by atoms with Crippen LogP contribution >= 0.6 is 0 Å². The van der Waals surface area contributed by atoms with E-state index in [0.29, 0.717) is 39.2 Å². The van der Waals surface area contributed by atoms with Gasteiger partial charge in [0.1, 0.15) is 0 Å². The quantitative estimate of drug-likeness (QED) is 0.715. The molecule has 0 aliphatic carbocycles. The van der Waals surface area contributed by atoms with Crippen LogP contribution in [0.5, 0.6) is 0 Å². The van der Waals surface area contributed by atoms with Gasteiger partial charge in [0.25, 0.3) is 0 Å². The van der Waals surface area contributed by atoms with Crippen LogP contribution in [-0.4, -0.2) is 60.4 Å². The molecule has 2 amide bonds. The van der Waals surface area contributed by atoms with Crippen molar-refractivity contribution in [3.8, 4) is 0 Å². The second kappa shape index (κ2) is 6.91. The van der Waals surface area contributed by atoms with Crippen molar-refractivity contribution >= 4 is 17.8 Å². The van der Waals surface area contributed by atoms with Crippen LogP contribution in [0.15, 0.2) is 0 Å². The maximum atomic E-state index is 12.5. The van der Waals surface area contributed by atoms with Gasteiger partial charge >= 0.3 is 5.97 Å². The lowest BCUT2D eigenvalue weighted by atomic mass is 9.96. The molecule has 2 saturated heterocycles.